The van der Waals surface area contributed by atoms with Crippen LogP contribution in [0.3, 0.4) is 0 Å². The average Bonchev–Trinajstić information content (AvgIpc) is 2.64. The lowest BCUT2D eigenvalue weighted by molar-refractivity contribution is -0.134. The van der Waals surface area contributed by atoms with Crippen molar-refractivity contribution in [1.82, 2.24) is 14.9 Å². The van der Waals surface area contributed by atoms with Crippen LogP contribution in [0.15, 0.2) is 30.6 Å². The molecule has 28 heavy (non-hydrogen) atoms. The third kappa shape index (κ3) is 4.93. The van der Waals surface area contributed by atoms with Crippen LogP contribution in [0.1, 0.15) is 32.8 Å². The minimum atomic E-state index is 0.130. The summed E-state index contributed by atoms with van der Waals surface area (Å²) in [5.41, 5.74) is 1.06. The third-order valence-corrected chi connectivity index (χ3v) is 5.10. The highest BCUT2D eigenvalue weighted by molar-refractivity contribution is 6.32. The van der Waals surface area contributed by atoms with E-state index in [2.05, 4.69) is 35.6 Å². The summed E-state index contributed by atoms with van der Waals surface area (Å²) in [5, 5.41) is 0.539. The lowest BCUT2D eigenvalue weighted by atomic mass is 10.1. The van der Waals surface area contributed by atoms with Crippen LogP contribution >= 0.6 is 11.6 Å². The molecule has 1 aliphatic rings. The number of carbonyl (C=O) groups is 1. The second-order valence-electron chi connectivity index (χ2n) is 7.73. The molecule has 0 saturated carbocycles. The maximum absolute atomic E-state index is 12.4. The highest BCUT2D eigenvalue weighted by Gasteiger charge is 2.28. The number of carbonyl (C=O) groups excluding carboxylic acids is 1. The first-order valence-corrected chi connectivity index (χ1v) is 10.0. The molecule has 0 aliphatic carbocycles. The number of rotatable bonds is 5. The van der Waals surface area contributed by atoms with E-state index in [4.69, 9.17) is 16.3 Å². The Hall–Kier alpha value is -2.34. The Balaban J connectivity index is 1.69. The summed E-state index contributed by atoms with van der Waals surface area (Å²) >= 11 is 6.22. The zero-order chi connectivity index (χ0) is 20.3. The quantitative estimate of drug-likeness (QED) is 0.745. The van der Waals surface area contributed by atoms with Gasteiger partial charge in [0.2, 0.25) is 11.8 Å². The normalized spacial score (nSPS) is 17.1. The number of piperazine rings is 1. The molecule has 1 aliphatic heterocycles. The topological polar surface area (TPSA) is 58.6 Å². The SMILES string of the molecule is Cc1ccc(Cl)c(Oc2cc(N3CCN(C(=O)CC(C)C)[C@@H](C)C3)ncn2)c1. The minimum Gasteiger partial charge on any atom is -0.437 e. The molecule has 1 aromatic carbocycles. The van der Waals surface area contributed by atoms with Gasteiger partial charge in [-0.3, -0.25) is 4.79 Å². The number of aromatic nitrogens is 2. The lowest BCUT2D eigenvalue weighted by Gasteiger charge is -2.40. The van der Waals surface area contributed by atoms with E-state index in [9.17, 15) is 4.79 Å². The zero-order valence-corrected chi connectivity index (χ0v) is 17.6. The van der Waals surface area contributed by atoms with E-state index in [0.717, 1.165) is 24.5 Å². The molecule has 1 amide bonds. The van der Waals surface area contributed by atoms with Gasteiger partial charge in [0.25, 0.3) is 0 Å². The van der Waals surface area contributed by atoms with Crippen molar-refractivity contribution in [3.05, 3.63) is 41.2 Å². The van der Waals surface area contributed by atoms with Gasteiger partial charge in [-0.05, 0) is 37.5 Å². The first kappa shape index (κ1) is 20.4. The van der Waals surface area contributed by atoms with Gasteiger partial charge in [0, 0.05) is 38.2 Å². The second kappa shape index (κ2) is 8.78. The van der Waals surface area contributed by atoms with Gasteiger partial charge in [-0.1, -0.05) is 31.5 Å². The maximum atomic E-state index is 12.4. The lowest BCUT2D eigenvalue weighted by Crippen LogP contribution is -2.54. The van der Waals surface area contributed by atoms with Crippen LogP contribution in [-0.2, 0) is 4.79 Å². The van der Waals surface area contributed by atoms with Crippen LogP contribution in [0.25, 0.3) is 0 Å². The summed E-state index contributed by atoms with van der Waals surface area (Å²) in [6.45, 7) is 10.4. The molecule has 2 heterocycles. The Morgan fingerprint density at radius 3 is 2.79 bits per heavy atom. The fourth-order valence-electron chi connectivity index (χ4n) is 3.36. The number of aryl methyl sites for hydroxylation is 1. The molecule has 0 N–H and O–H groups in total. The van der Waals surface area contributed by atoms with Gasteiger partial charge >= 0.3 is 0 Å². The monoisotopic (exact) mass is 402 g/mol. The van der Waals surface area contributed by atoms with Crippen molar-refractivity contribution < 1.29 is 9.53 Å². The maximum Gasteiger partial charge on any atom is 0.224 e. The number of hydrogen-bond acceptors (Lipinski definition) is 5. The van der Waals surface area contributed by atoms with E-state index in [0.29, 0.717) is 35.5 Å². The highest BCUT2D eigenvalue weighted by atomic mass is 35.5. The first-order valence-electron chi connectivity index (χ1n) is 9.64. The van der Waals surface area contributed by atoms with Crippen molar-refractivity contribution in [3.63, 3.8) is 0 Å². The van der Waals surface area contributed by atoms with Gasteiger partial charge in [0.15, 0.2) is 0 Å². The molecule has 0 unspecified atom stereocenters. The Morgan fingerprint density at radius 1 is 1.29 bits per heavy atom. The van der Waals surface area contributed by atoms with E-state index < -0.39 is 0 Å². The van der Waals surface area contributed by atoms with Crippen molar-refractivity contribution in [1.29, 1.82) is 0 Å². The Labute approximate surface area is 171 Å². The standard InChI is InChI=1S/C21H27ClN4O2/c1-14(2)9-21(27)26-8-7-25(12-16(26)4)19-11-20(24-13-23-19)28-18-10-15(3)5-6-17(18)22/h5-6,10-11,13-14,16H,7-9,12H2,1-4H3/t16-/m0/s1. The molecule has 3 rings (SSSR count). The van der Waals surface area contributed by atoms with Gasteiger partial charge < -0.3 is 14.5 Å². The molecular formula is C21H27ClN4O2. The van der Waals surface area contributed by atoms with Crippen molar-refractivity contribution in [3.8, 4) is 11.6 Å². The van der Waals surface area contributed by atoms with Crippen molar-refractivity contribution in [2.45, 2.75) is 40.2 Å². The van der Waals surface area contributed by atoms with Gasteiger partial charge in [-0.2, -0.15) is 0 Å². The number of halogens is 1. The number of amides is 1. The van der Waals surface area contributed by atoms with Crippen LogP contribution in [0.2, 0.25) is 5.02 Å². The van der Waals surface area contributed by atoms with Crippen molar-refractivity contribution in [2.24, 2.45) is 5.92 Å². The molecule has 1 atom stereocenters. The van der Waals surface area contributed by atoms with E-state index in [-0.39, 0.29) is 11.9 Å². The van der Waals surface area contributed by atoms with E-state index >= 15 is 0 Å². The first-order chi connectivity index (χ1) is 13.3. The van der Waals surface area contributed by atoms with E-state index in [1.165, 1.54) is 6.33 Å². The Kier molecular flexibility index (Phi) is 6.39. The third-order valence-electron chi connectivity index (χ3n) is 4.78. The summed E-state index contributed by atoms with van der Waals surface area (Å²) in [5.74, 6) is 2.40. The summed E-state index contributed by atoms with van der Waals surface area (Å²) in [7, 11) is 0. The van der Waals surface area contributed by atoms with Gasteiger partial charge in [-0.25, -0.2) is 9.97 Å². The highest BCUT2D eigenvalue weighted by Crippen LogP contribution is 2.30. The Bertz CT molecular complexity index is 843. The molecule has 1 fully saturated rings. The van der Waals surface area contributed by atoms with Crippen LogP contribution < -0.4 is 9.64 Å². The molecule has 7 heteroatoms. The summed E-state index contributed by atoms with van der Waals surface area (Å²) in [6, 6.07) is 7.57. The van der Waals surface area contributed by atoms with Gasteiger partial charge in [0.05, 0.1) is 5.02 Å². The molecular weight excluding hydrogens is 376 g/mol. The molecule has 2 aromatic rings. The molecule has 6 nitrogen and oxygen atoms in total. The number of nitrogens with zero attached hydrogens (tertiary/aromatic N) is 4. The predicted octanol–water partition coefficient (Wildman–Crippen LogP) is 4.31. The average molecular weight is 403 g/mol. The molecule has 1 saturated heterocycles. The molecule has 150 valence electrons. The zero-order valence-electron chi connectivity index (χ0n) is 16.9. The van der Waals surface area contributed by atoms with E-state index in [1.807, 2.05) is 36.1 Å². The van der Waals surface area contributed by atoms with Crippen LogP contribution in [0.4, 0.5) is 5.82 Å². The number of hydrogen-bond donors (Lipinski definition) is 0. The number of anilines is 1. The number of benzene rings is 1. The van der Waals surface area contributed by atoms with Crippen molar-refractivity contribution >= 4 is 23.3 Å². The van der Waals surface area contributed by atoms with Gasteiger partial charge in [0.1, 0.15) is 17.9 Å². The Morgan fingerprint density at radius 2 is 2.07 bits per heavy atom. The van der Waals surface area contributed by atoms with Crippen molar-refractivity contribution in [2.75, 3.05) is 24.5 Å². The van der Waals surface area contributed by atoms with Crippen LogP contribution in [0, 0.1) is 12.8 Å². The largest absolute Gasteiger partial charge is 0.437 e. The molecule has 1 aromatic heterocycles. The molecule has 0 radical (unpaired) electrons. The van der Waals surface area contributed by atoms with Crippen LogP contribution in [-0.4, -0.2) is 46.5 Å². The molecule has 0 bridgehead atoms. The summed E-state index contributed by atoms with van der Waals surface area (Å²) < 4.78 is 5.88. The van der Waals surface area contributed by atoms with E-state index in [1.54, 1.807) is 0 Å². The second-order valence-corrected chi connectivity index (χ2v) is 8.14. The fraction of sp³-hybridized carbons (Fsp3) is 0.476. The smallest absolute Gasteiger partial charge is 0.224 e. The molecule has 0 spiro atoms. The minimum absolute atomic E-state index is 0.130. The predicted molar refractivity (Wildman–Crippen MR) is 111 cm³/mol. The van der Waals surface area contributed by atoms with Crippen LogP contribution in [0.5, 0.6) is 11.6 Å². The summed E-state index contributed by atoms with van der Waals surface area (Å²) in [4.78, 5) is 25.2. The number of ether oxygens (including phenoxy) is 1. The summed E-state index contributed by atoms with van der Waals surface area (Å²) in [6.07, 6.45) is 2.09. The fourth-order valence-corrected chi connectivity index (χ4v) is 3.52. The van der Waals surface area contributed by atoms with Gasteiger partial charge in [-0.15, -0.1) is 0 Å².